The van der Waals surface area contributed by atoms with Crippen molar-refractivity contribution >= 4 is 46.5 Å². The normalized spacial score (nSPS) is 13.0. The first kappa shape index (κ1) is 26.8. The van der Waals surface area contributed by atoms with Crippen molar-refractivity contribution in [3.63, 3.8) is 0 Å². The first-order valence-electron chi connectivity index (χ1n) is 12.6. The van der Waals surface area contributed by atoms with Crippen LogP contribution in [-0.4, -0.2) is 24.8 Å². The molecule has 8 heteroatoms. The van der Waals surface area contributed by atoms with E-state index < -0.39 is 11.8 Å². The topological polar surface area (TPSA) is 87.7 Å². The Kier molecular flexibility index (Phi) is 7.70. The number of thioether (sulfide) groups is 1. The Hall–Kier alpha value is -4.82. The van der Waals surface area contributed by atoms with E-state index in [2.05, 4.69) is 10.6 Å². The van der Waals surface area contributed by atoms with Crippen LogP contribution in [0.1, 0.15) is 21.5 Å². The third-order valence-electron chi connectivity index (χ3n) is 6.52. The van der Waals surface area contributed by atoms with E-state index in [1.54, 1.807) is 86.0 Å². The quantitative estimate of drug-likeness (QED) is 0.242. The van der Waals surface area contributed by atoms with E-state index in [1.165, 1.54) is 16.7 Å². The van der Waals surface area contributed by atoms with Crippen molar-refractivity contribution in [1.29, 1.82) is 0 Å². The molecule has 2 N–H and O–H groups in total. The summed E-state index contributed by atoms with van der Waals surface area (Å²) in [4.78, 5) is 42.1. The number of hydrogen-bond acceptors (Lipinski definition) is 6. The van der Waals surface area contributed by atoms with Crippen LogP contribution >= 0.6 is 11.8 Å². The minimum Gasteiger partial charge on any atom is -0.497 e. The monoisotopic (exact) mass is 549 g/mol. The second-order valence-corrected chi connectivity index (χ2v) is 10.3. The van der Waals surface area contributed by atoms with E-state index in [-0.39, 0.29) is 16.5 Å². The summed E-state index contributed by atoms with van der Waals surface area (Å²) in [6.07, 6.45) is 0. The number of aryl methyl sites for hydroxylation is 2. The Bertz CT molecular complexity index is 1610. The van der Waals surface area contributed by atoms with Gasteiger partial charge in [-0.1, -0.05) is 36.0 Å². The fourth-order valence-corrected chi connectivity index (χ4v) is 5.08. The van der Waals surface area contributed by atoms with E-state index in [0.29, 0.717) is 28.4 Å². The number of carbonyl (C=O) groups is 3. The molecule has 200 valence electrons. The lowest BCUT2D eigenvalue weighted by molar-refractivity contribution is -0.120. The smallest absolute Gasteiger partial charge is 0.283 e. The molecule has 0 aliphatic carbocycles. The molecule has 0 fully saturated rings. The molecule has 0 aromatic heterocycles. The van der Waals surface area contributed by atoms with Gasteiger partial charge in [0, 0.05) is 21.8 Å². The average Bonchev–Trinajstić information content (AvgIpc) is 3.20. The highest BCUT2D eigenvalue weighted by molar-refractivity contribution is 8.04. The van der Waals surface area contributed by atoms with Crippen molar-refractivity contribution in [3.05, 3.63) is 124 Å². The second kappa shape index (κ2) is 11.5. The molecular formula is C32H27N3O4S. The van der Waals surface area contributed by atoms with Gasteiger partial charge >= 0.3 is 0 Å². The van der Waals surface area contributed by atoms with E-state index in [0.717, 1.165) is 16.0 Å². The lowest BCUT2D eigenvalue weighted by atomic mass is 10.1. The lowest BCUT2D eigenvalue weighted by Gasteiger charge is -2.16. The van der Waals surface area contributed by atoms with Crippen molar-refractivity contribution < 1.29 is 19.1 Å². The van der Waals surface area contributed by atoms with Gasteiger partial charge in [-0.2, -0.15) is 0 Å². The predicted octanol–water partition coefficient (Wildman–Crippen LogP) is 6.55. The number of amides is 3. The van der Waals surface area contributed by atoms with Gasteiger partial charge < -0.3 is 15.4 Å². The third kappa shape index (κ3) is 5.62. The molecule has 4 aromatic rings. The standard InChI is InChI=1S/C32H27N3O4S/c1-20-9-14-25(19-21(20)2)35-31(37)28(33-23-10-15-26(39-3)16-11-23)29(32(35)38)40-27-17-12-24(13-18-27)34-30(36)22-7-5-4-6-8-22/h4-19,33H,1-3H3,(H,34,36). The molecule has 0 unspecified atom stereocenters. The van der Waals surface area contributed by atoms with Gasteiger partial charge in [-0.25, -0.2) is 4.90 Å². The average molecular weight is 550 g/mol. The molecule has 7 nitrogen and oxygen atoms in total. The van der Waals surface area contributed by atoms with Crippen LogP contribution in [0, 0.1) is 13.8 Å². The summed E-state index contributed by atoms with van der Waals surface area (Å²) in [6.45, 7) is 3.93. The molecule has 0 bridgehead atoms. The maximum atomic E-state index is 13.7. The summed E-state index contributed by atoms with van der Waals surface area (Å²) in [6, 6.07) is 28.7. The fraction of sp³-hybridized carbons (Fsp3) is 0.0938. The molecule has 40 heavy (non-hydrogen) atoms. The number of carbonyl (C=O) groups excluding carboxylic acids is 3. The minimum absolute atomic E-state index is 0.194. The van der Waals surface area contributed by atoms with Gasteiger partial charge in [0.05, 0.1) is 12.8 Å². The van der Waals surface area contributed by atoms with Crippen molar-refractivity contribution in [1.82, 2.24) is 0 Å². The number of nitrogens with zero attached hydrogens (tertiary/aromatic N) is 1. The predicted molar refractivity (Wildman–Crippen MR) is 159 cm³/mol. The highest BCUT2D eigenvalue weighted by Crippen LogP contribution is 2.38. The lowest BCUT2D eigenvalue weighted by Crippen LogP contribution is -2.32. The van der Waals surface area contributed by atoms with Crippen LogP contribution < -0.4 is 20.3 Å². The van der Waals surface area contributed by atoms with Crippen LogP contribution in [0.25, 0.3) is 0 Å². The second-order valence-electron chi connectivity index (χ2n) is 9.22. The molecule has 0 saturated heterocycles. The molecule has 1 aliphatic heterocycles. The summed E-state index contributed by atoms with van der Waals surface area (Å²) in [7, 11) is 1.58. The highest BCUT2D eigenvalue weighted by Gasteiger charge is 2.40. The highest BCUT2D eigenvalue weighted by atomic mass is 32.2. The van der Waals surface area contributed by atoms with Crippen molar-refractivity contribution in [3.8, 4) is 5.75 Å². The van der Waals surface area contributed by atoms with Crippen LogP contribution in [0.2, 0.25) is 0 Å². The zero-order valence-corrected chi connectivity index (χ0v) is 23.0. The Balaban J connectivity index is 1.42. The molecule has 3 amide bonds. The first-order valence-corrected chi connectivity index (χ1v) is 13.4. The van der Waals surface area contributed by atoms with Crippen LogP contribution in [0.15, 0.2) is 113 Å². The summed E-state index contributed by atoms with van der Waals surface area (Å²) < 4.78 is 5.23. The van der Waals surface area contributed by atoms with Crippen molar-refractivity contribution in [2.75, 3.05) is 22.6 Å². The van der Waals surface area contributed by atoms with Gasteiger partial charge in [0.1, 0.15) is 16.4 Å². The Morgan fingerprint density at radius 1 is 0.775 bits per heavy atom. The summed E-state index contributed by atoms with van der Waals surface area (Å²) in [5, 5.41) is 6.03. The van der Waals surface area contributed by atoms with Crippen LogP contribution in [0.4, 0.5) is 17.1 Å². The number of ether oxygens (including phenoxy) is 1. The van der Waals surface area contributed by atoms with Crippen LogP contribution in [-0.2, 0) is 9.59 Å². The van der Waals surface area contributed by atoms with Gasteiger partial charge in [0.2, 0.25) is 0 Å². The molecule has 1 heterocycles. The van der Waals surface area contributed by atoms with Crippen LogP contribution in [0.5, 0.6) is 5.75 Å². The Morgan fingerprint density at radius 2 is 1.45 bits per heavy atom. The number of hydrogen-bond donors (Lipinski definition) is 2. The number of benzene rings is 4. The molecular weight excluding hydrogens is 522 g/mol. The summed E-state index contributed by atoms with van der Waals surface area (Å²) >= 11 is 1.20. The number of nitrogens with one attached hydrogen (secondary N) is 2. The fourth-order valence-electron chi connectivity index (χ4n) is 4.15. The van der Waals surface area contributed by atoms with Gasteiger partial charge in [-0.3, -0.25) is 14.4 Å². The van der Waals surface area contributed by atoms with E-state index in [1.807, 2.05) is 32.0 Å². The number of rotatable bonds is 8. The molecule has 0 atom stereocenters. The zero-order valence-electron chi connectivity index (χ0n) is 22.2. The first-order chi connectivity index (χ1) is 19.3. The summed E-state index contributed by atoms with van der Waals surface area (Å²) in [5.41, 5.74) is 4.59. The maximum Gasteiger partial charge on any atom is 0.283 e. The maximum absolute atomic E-state index is 13.7. The van der Waals surface area contributed by atoms with E-state index in [9.17, 15) is 14.4 Å². The third-order valence-corrected chi connectivity index (χ3v) is 7.61. The van der Waals surface area contributed by atoms with E-state index >= 15 is 0 Å². The van der Waals surface area contributed by atoms with Crippen molar-refractivity contribution in [2.45, 2.75) is 18.7 Å². The van der Waals surface area contributed by atoms with Gasteiger partial charge in [-0.05, 0) is 97.8 Å². The Labute approximate surface area is 236 Å². The SMILES string of the molecule is COc1ccc(NC2=C(Sc3ccc(NC(=O)c4ccccc4)cc3)C(=O)N(c3ccc(C)c(C)c3)C2=O)cc1. The van der Waals surface area contributed by atoms with Crippen molar-refractivity contribution in [2.24, 2.45) is 0 Å². The molecule has 0 spiro atoms. The van der Waals surface area contributed by atoms with Gasteiger partial charge in [0.25, 0.3) is 17.7 Å². The number of methoxy groups -OCH3 is 1. The molecule has 0 radical (unpaired) electrons. The zero-order chi connectivity index (χ0) is 28.2. The summed E-state index contributed by atoms with van der Waals surface area (Å²) in [5.74, 6) is -0.372. The number of anilines is 3. The molecule has 5 rings (SSSR count). The molecule has 4 aromatic carbocycles. The largest absolute Gasteiger partial charge is 0.497 e. The van der Waals surface area contributed by atoms with E-state index in [4.69, 9.17) is 4.74 Å². The Morgan fingerprint density at radius 3 is 2.10 bits per heavy atom. The molecule has 0 saturated carbocycles. The van der Waals surface area contributed by atoms with Crippen LogP contribution in [0.3, 0.4) is 0 Å². The number of imide groups is 1. The minimum atomic E-state index is -0.432. The molecule has 1 aliphatic rings. The van der Waals surface area contributed by atoms with Gasteiger partial charge in [0.15, 0.2) is 0 Å². The van der Waals surface area contributed by atoms with Gasteiger partial charge in [-0.15, -0.1) is 0 Å².